The average molecular weight is 259 g/mol. The Morgan fingerprint density at radius 3 is 2.67 bits per heavy atom. The molecule has 2 N–H and O–H groups in total. The zero-order chi connectivity index (χ0) is 13.0. The maximum absolute atomic E-state index is 11.6. The Kier molecular flexibility index (Phi) is 3.84. The number of aromatic nitrogens is 2. The SMILES string of the molecule is NC(=S)C(Cn1cnccc1=O)c1ccccc1. The van der Waals surface area contributed by atoms with Gasteiger partial charge in [-0.05, 0) is 5.56 Å². The predicted molar refractivity (Wildman–Crippen MR) is 74.5 cm³/mol. The van der Waals surface area contributed by atoms with Gasteiger partial charge in [-0.3, -0.25) is 9.36 Å². The van der Waals surface area contributed by atoms with Crippen molar-refractivity contribution in [2.45, 2.75) is 12.5 Å². The molecule has 92 valence electrons. The number of hydrogen-bond acceptors (Lipinski definition) is 3. The van der Waals surface area contributed by atoms with Gasteiger partial charge in [0.2, 0.25) is 0 Å². The number of hydrogen-bond donors (Lipinski definition) is 1. The van der Waals surface area contributed by atoms with Gasteiger partial charge in [0, 0.05) is 18.8 Å². The minimum Gasteiger partial charge on any atom is -0.393 e. The van der Waals surface area contributed by atoms with Gasteiger partial charge in [-0.2, -0.15) is 0 Å². The quantitative estimate of drug-likeness (QED) is 0.841. The summed E-state index contributed by atoms with van der Waals surface area (Å²) in [6.07, 6.45) is 2.97. The molecule has 0 saturated carbocycles. The van der Waals surface area contributed by atoms with E-state index in [1.165, 1.54) is 23.2 Å². The van der Waals surface area contributed by atoms with Gasteiger partial charge in [-0.25, -0.2) is 4.98 Å². The fourth-order valence-electron chi connectivity index (χ4n) is 1.76. The van der Waals surface area contributed by atoms with E-state index in [-0.39, 0.29) is 11.5 Å². The molecule has 2 rings (SSSR count). The van der Waals surface area contributed by atoms with Crippen molar-refractivity contribution >= 4 is 17.2 Å². The molecular weight excluding hydrogens is 246 g/mol. The monoisotopic (exact) mass is 259 g/mol. The van der Waals surface area contributed by atoms with E-state index in [0.717, 1.165) is 5.56 Å². The lowest BCUT2D eigenvalue weighted by atomic mass is 9.99. The first-order chi connectivity index (χ1) is 8.68. The minimum absolute atomic E-state index is 0.109. The third kappa shape index (κ3) is 2.81. The number of nitrogens with zero attached hydrogens (tertiary/aromatic N) is 2. The Bertz CT molecular complexity index is 594. The van der Waals surface area contributed by atoms with Crippen molar-refractivity contribution < 1.29 is 0 Å². The van der Waals surface area contributed by atoms with Crippen LogP contribution in [0, 0.1) is 0 Å². The molecule has 18 heavy (non-hydrogen) atoms. The van der Waals surface area contributed by atoms with E-state index >= 15 is 0 Å². The fourth-order valence-corrected chi connectivity index (χ4v) is 1.97. The van der Waals surface area contributed by atoms with Crippen LogP contribution in [0.25, 0.3) is 0 Å². The van der Waals surface area contributed by atoms with Crippen LogP contribution in [0.3, 0.4) is 0 Å². The molecule has 0 radical (unpaired) electrons. The van der Waals surface area contributed by atoms with E-state index < -0.39 is 0 Å². The van der Waals surface area contributed by atoms with Crippen LogP contribution in [0.5, 0.6) is 0 Å². The van der Waals surface area contributed by atoms with Crippen molar-refractivity contribution in [3.05, 3.63) is 64.8 Å². The lowest BCUT2D eigenvalue weighted by molar-refractivity contribution is 0.625. The lowest BCUT2D eigenvalue weighted by Gasteiger charge is -2.16. The fraction of sp³-hybridized carbons (Fsp3) is 0.154. The number of nitrogens with two attached hydrogens (primary N) is 1. The van der Waals surface area contributed by atoms with Gasteiger partial charge in [-0.15, -0.1) is 0 Å². The summed E-state index contributed by atoms with van der Waals surface area (Å²) in [4.78, 5) is 16.0. The van der Waals surface area contributed by atoms with Gasteiger partial charge >= 0.3 is 0 Å². The molecule has 2 aromatic rings. The standard InChI is InChI=1S/C13H13N3OS/c14-13(18)11(10-4-2-1-3-5-10)8-16-9-15-7-6-12(16)17/h1-7,9,11H,8H2,(H2,14,18). The summed E-state index contributed by atoms with van der Waals surface area (Å²) in [6.45, 7) is 0.409. The zero-order valence-corrected chi connectivity index (χ0v) is 10.5. The largest absolute Gasteiger partial charge is 0.393 e. The van der Waals surface area contributed by atoms with Crippen LogP contribution >= 0.6 is 12.2 Å². The van der Waals surface area contributed by atoms with E-state index in [2.05, 4.69) is 4.98 Å². The Labute approximate surface area is 110 Å². The molecule has 0 aliphatic heterocycles. The molecule has 1 aromatic carbocycles. The van der Waals surface area contributed by atoms with Crippen molar-refractivity contribution in [3.63, 3.8) is 0 Å². The summed E-state index contributed by atoms with van der Waals surface area (Å²) in [5, 5.41) is 0. The molecule has 0 aliphatic rings. The van der Waals surface area contributed by atoms with E-state index in [9.17, 15) is 4.79 Å². The molecule has 5 heteroatoms. The number of benzene rings is 1. The molecule has 0 bridgehead atoms. The highest BCUT2D eigenvalue weighted by Crippen LogP contribution is 2.17. The van der Waals surface area contributed by atoms with E-state index in [0.29, 0.717) is 11.5 Å². The molecule has 1 heterocycles. The summed E-state index contributed by atoms with van der Waals surface area (Å²) >= 11 is 5.08. The third-order valence-corrected chi connectivity index (χ3v) is 3.00. The molecule has 4 nitrogen and oxygen atoms in total. The number of thiocarbonyl (C=S) groups is 1. The first-order valence-corrected chi connectivity index (χ1v) is 5.94. The molecule has 1 aromatic heterocycles. The second kappa shape index (κ2) is 5.55. The molecule has 0 fully saturated rings. The van der Waals surface area contributed by atoms with Gasteiger partial charge in [0.1, 0.15) is 0 Å². The zero-order valence-electron chi connectivity index (χ0n) is 9.69. The van der Waals surface area contributed by atoms with Crippen LogP contribution in [0.1, 0.15) is 11.5 Å². The molecular formula is C13H13N3OS. The highest BCUT2D eigenvalue weighted by molar-refractivity contribution is 7.80. The highest BCUT2D eigenvalue weighted by atomic mass is 32.1. The molecule has 0 amide bonds. The van der Waals surface area contributed by atoms with E-state index in [4.69, 9.17) is 18.0 Å². The van der Waals surface area contributed by atoms with Crippen LogP contribution < -0.4 is 11.3 Å². The van der Waals surface area contributed by atoms with Gasteiger partial charge in [-0.1, -0.05) is 42.5 Å². The smallest absolute Gasteiger partial charge is 0.253 e. The predicted octanol–water partition coefficient (Wildman–Crippen LogP) is 1.31. The summed E-state index contributed by atoms with van der Waals surface area (Å²) in [6, 6.07) is 11.1. The first kappa shape index (κ1) is 12.4. The van der Waals surface area contributed by atoms with E-state index in [1.807, 2.05) is 30.3 Å². The Morgan fingerprint density at radius 2 is 2.06 bits per heavy atom. The molecule has 1 atom stereocenters. The first-order valence-electron chi connectivity index (χ1n) is 5.53. The summed E-state index contributed by atoms with van der Waals surface area (Å²) in [7, 11) is 0. The summed E-state index contributed by atoms with van der Waals surface area (Å²) < 4.78 is 1.51. The molecule has 0 spiro atoms. The Morgan fingerprint density at radius 1 is 1.33 bits per heavy atom. The molecule has 1 unspecified atom stereocenters. The van der Waals surface area contributed by atoms with Crippen LogP contribution in [0.2, 0.25) is 0 Å². The summed E-state index contributed by atoms with van der Waals surface area (Å²) in [5.74, 6) is -0.164. The molecule has 0 saturated heterocycles. The van der Waals surface area contributed by atoms with Crippen LogP contribution in [-0.2, 0) is 6.54 Å². The lowest BCUT2D eigenvalue weighted by Crippen LogP contribution is -2.28. The summed E-state index contributed by atoms with van der Waals surface area (Å²) in [5.41, 5.74) is 6.65. The maximum Gasteiger partial charge on any atom is 0.253 e. The average Bonchev–Trinajstić information content (AvgIpc) is 2.38. The highest BCUT2D eigenvalue weighted by Gasteiger charge is 2.15. The van der Waals surface area contributed by atoms with Crippen LogP contribution in [-0.4, -0.2) is 14.5 Å². The second-order valence-corrected chi connectivity index (χ2v) is 4.41. The Balaban J connectivity index is 2.31. The van der Waals surface area contributed by atoms with E-state index in [1.54, 1.807) is 0 Å². The van der Waals surface area contributed by atoms with Crippen molar-refractivity contribution in [1.29, 1.82) is 0 Å². The van der Waals surface area contributed by atoms with Gasteiger partial charge in [0.15, 0.2) is 0 Å². The normalized spacial score (nSPS) is 12.0. The minimum atomic E-state index is -0.164. The Hall–Kier alpha value is -2.01. The van der Waals surface area contributed by atoms with Crippen molar-refractivity contribution in [2.75, 3.05) is 0 Å². The van der Waals surface area contributed by atoms with Crippen molar-refractivity contribution in [1.82, 2.24) is 9.55 Å². The van der Waals surface area contributed by atoms with Gasteiger partial charge in [0.05, 0.1) is 17.2 Å². The molecule has 0 aliphatic carbocycles. The van der Waals surface area contributed by atoms with Crippen LogP contribution in [0.15, 0.2) is 53.7 Å². The second-order valence-electron chi connectivity index (χ2n) is 3.94. The topological polar surface area (TPSA) is 60.9 Å². The third-order valence-electron chi connectivity index (χ3n) is 2.72. The number of rotatable bonds is 4. The maximum atomic E-state index is 11.6. The van der Waals surface area contributed by atoms with Crippen LogP contribution in [0.4, 0.5) is 0 Å². The van der Waals surface area contributed by atoms with Crippen molar-refractivity contribution in [2.24, 2.45) is 5.73 Å². The van der Waals surface area contributed by atoms with Gasteiger partial charge < -0.3 is 5.73 Å². The van der Waals surface area contributed by atoms with Gasteiger partial charge in [0.25, 0.3) is 5.56 Å². The van der Waals surface area contributed by atoms with Crippen molar-refractivity contribution in [3.8, 4) is 0 Å².